The van der Waals surface area contributed by atoms with Crippen molar-refractivity contribution >= 4 is 22.6 Å². The van der Waals surface area contributed by atoms with Crippen molar-refractivity contribution in [1.82, 2.24) is 5.32 Å². The van der Waals surface area contributed by atoms with E-state index in [4.69, 9.17) is 4.74 Å². The van der Waals surface area contributed by atoms with Crippen LogP contribution < -0.4 is 5.32 Å². The molecule has 4 heteroatoms. The quantitative estimate of drug-likeness (QED) is 0.798. The third-order valence-corrected chi connectivity index (χ3v) is 5.13. The number of ether oxygens (including phenoxy) is 1. The normalized spacial score (nSPS) is 16.2. The van der Waals surface area contributed by atoms with Crippen molar-refractivity contribution in [2.45, 2.75) is 51.6 Å². The standard InChI is InChI=1S/C22H27NO3/c1-16(22(25)23-15-17-7-3-2-4-8-17)26-21(24)14-18-11-12-19-9-5-6-10-20(19)13-18/h5-6,9-13,16-17H,2-4,7-8,14-15H2,1H3,(H,23,25). The Morgan fingerprint density at radius 2 is 1.81 bits per heavy atom. The molecule has 1 aliphatic carbocycles. The van der Waals surface area contributed by atoms with E-state index in [1.165, 1.54) is 32.1 Å². The number of hydrogen-bond donors (Lipinski definition) is 1. The lowest BCUT2D eigenvalue weighted by Crippen LogP contribution is -2.39. The minimum absolute atomic E-state index is 0.172. The molecule has 4 nitrogen and oxygen atoms in total. The summed E-state index contributed by atoms with van der Waals surface area (Å²) in [5, 5.41) is 5.16. The molecule has 0 saturated heterocycles. The fourth-order valence-electron chi connectivity index (χ4n) is 3.59. The van der Waals surface area contributed by atoms with Crippen molar-refractivity contribution < 1.29 is 14.3 Å². The van der Waals surface area contributed by atoms with Crippen LogP contribution in [0.1, 0.15) is 44.6 Å². The molecule has 0 spiro atoms. The van der Waals surface area contributed by atoms with Gasteiger partial charge in [0.2, 0.25) is 0 Å². The summed E-state index contributed by atoms with van der Waals surface area (Å²) in [5.74, 6) is -0.0174. The monoisotopic (exact) mass is 353 g/mol. The molecule has 2 aromatic rings. The maximum atomic E-state index is 12.2. The average Bonchev–Trinajstić information content (AvgIpc) is 2.66. The molecule has 0 radical (unpaired) electrons. The Labute approximate surface area is 154 Å². The van der Waals surface area contributed by atoms with Crippen molar-refractivity contribution in [2.75, 3.05) is 6.54 Å². The highest BCUT2D eigenvalue weighted by atomic mass is 16.5. The number of benzene rings is 2. The zero-order valence-corrected chi connectivity index (χ0v) is 15.4. The zero-order valence-electron chi connectivity index (χ0n) is 15.4. The average molecular weight is 353 g/mol. The van der Waals surface area contributed by atoms with Gasteiger partial charge >= 0.3 is 5.97 Å². The molecular formula is C22H27NO3. The van der Waals surface area contributed by atoms with Gasteiger partial charge in [0.1, 0.15) is 0 Å². The molecule has 1 unspecified atom stereocenters. The lowest BCUT2D eigenvalue weighted by molar-refractivity contribution is -0.154. The van der Waals surface area contributed by atoms with Crippen LogP contribution in [-0.2, 0) is 20.7 Å². The van der Waals surface area contributed by atoms with Crippen molar-refractivity contribution in [2.24, 2.45) is 5.92 Å². The maximum absolute atomic E-state index is 12.2. The van der Waals surface area contributed by atoms with Gasteiger partial charge in [-0.1, -0.05) is 61.7 Å². The Kier molecular flexibility index (Phi) is 6.26. The van der Waals surface area contributed by atoms with Gasteiger partial charge in [0.05, 0.1) is 6.42 Å². The van der Waals surface area contributed by atoms with Gasteiger partial charge in [-0.15, -0.1) is 0 Å². The smallest absolute Gasteiger partial charge is 0.311 e. The Bertz CT molecular complexity index is 765. The number of amides is 1. The number of carbonyl (C=O) groups excluding carboxylic acids is 2. The molecule has 1 saturated carbocycles. The fraction of sp³-hybridized carbons (Fsp3) is 0.455. The molecule has 1 fully saturated rings. The Balaban J connectivity index is 1.47. The van der Waals surface area contributed by atoms with Crippen LogP contribution in [0.25, 0.3) is 10.8 Å². The second-order valence-corrected chi connectivity index (χ2v) is 7.24. The SMILES string of the molecule is CC(OC(=O)Cc1ccc2ccccc2c1)C(=O)NCC1CCCCC1. The third kappa shape index (κ3) is 5.07. The van der Waals surface area contributed by atoms with Gasteiger partial charge in [-0.3, -0.25) is 9.59 Å². The van der Waals surface area contributed by atoms with Crippen LogP contribution in [0.5, 0.6) is 0 Å². The summed E-state index contributed by atoms with van der Waals surface area (Å²) in [6.07, 6.45) is 5.56. The molecule has 1 aliphatic rings. The van der Waals surface area contributed by atoms with Gasteiger partial charge in [-0.05, 0) is 42.0 Å². The molecule has 3 rings (SSSR count). The van der Waals surface area contributed by atoms with Gasteiger partial charge in [-0.25, -0.2) is 0 Å². The van der Waals surface area contributed by atoms with Gasteiger partial charge in [0, 0.05) is 6.54 Å². The van der Waals surface area contributed by atoms with Crippen molar-refractivity contribution in [1.29, 1.82) is 0 Å². The highest BCUT2D eigenvalue weighted by Gasteiger charge is 2.20. The largest absolute Gasteiger partial charge is 0.452 e. The number of hydrogen-bond acceptors (Lipinski definition) is 3. The van der Waals surface area contributed by atoms with Crippen LogP contribution in [-0.4, -0.2) is 24.5 Å². The van der Waals surface area contributed by atoms with E-state index < -0.39 is 6.10 Å². The zero-order chi connectivity index (χ0) is 18.4. The van der Waals surface area contributed by atoms with Gasteiger partial charge < -0.3 is 10.1 Å². The van der Waals surface area contributed by atoms with E-state index in [1.807, 2.05) is 42.5 Å². The Hall–Kier alpha value is -2.36. The lowest BCUT2D eigenvalue weighted by atomic mass is 9.89. The predicted octanol–water partition coefficient (Wildman–Crippen LogP) is 4.01. The Morgan fingerprint density at radius 1 is 1.08 bits per heavy atom. The van der Waals surface area contributed by atoms with Crippen LogP contribution in [0.4, 0.5) is 0 Å². The molecule has 26 heavy (non-hydrogen) atoms. The fourth-order valence-corrected chi connectivity index (χ4v) is 3.59. The van der Waals surface area contributed by atoms with Crippen molar-refractivity contribution in [3.8, 4) is 0 Å². The summed E-state index contributed by atoms with van der Waals surface area (Å²) < 4.78 is 5.32. The van der Waals surface area contributed by atoms with E-state index in [-0.39, 0.29) is 18.3 Å². The summed E-state index contributed by atoms with van der Waals surface area (Å²) in [5.41, 5.74) is 0.892. The van der Waals surface area contributed by atoms with E-state index in [0.29, 0.717) is 12.5 Å². The molecule has 1 amide bonds. The first-order valence-corrected chi connectivity index (χ1v) is 9.56. The highest BCUT2D eigenvalue weighted by molar-refractivity contribution is 5.86. The van der Waals surface area contributed by atoms with Gasteiger partial charge in [-0.2, -0.15) is 0 Å². The summed E-state index contributed by atoms with van der Waals surface area (Å²) in [6, 6.07) is 13.9. The first-order valence-electron chi connectivity index (χ1n) is 9.56. The third-order valence-electron chi connectivity index (χ3n) is 5.13. The van der Waals surface area contributed by atoms with E-state index in [2.05, 4.69) is 5.32 Å². The van der Waals surface area contributed by atoms with Crippen LogP contribution in [0.2, 0.25) is 0 Å². The summed E-state index contributed by atoms with van der Waals surface area (Å²) >= 11 is 0. The van der Waals surface area contributed by atoms with Crippen LogP contribution >= 0.6 is 0 Å². The first kappa shape index (κ1) is 18.4. The maximum Gasteiger partial charge on any atom is 0.311 e. The number of fused-ring (bicyclic) bond motifs is 1. The van der Waals surface area contributed by atoms with E-state index >= 15 is 0 Å². The first-order chi connectivity index (χ1) is 12.6. The number of esters is 1. The highest BCUT2D eigenvalue weighted by Crippen LogP contribution is 2.22. The molecule has 2 aromatic carbocycles. The van der Waals surface area contributed by atoms with E-state index in [0.717, 1.165) is 16.3 Å². The van der Waals surface area contributed by atoms with E-state index in [9.17, 15) is 9.59 Å². The molecule has 0 bridgehead atoms. The molecular weight excluding hydrogens is 326 g/mol. The summed E-state index contributed by atoms with van der Waals surface area (Å²) in [4.78, 5) is 24.3. The minimum atomic E-state index is -0.758. The lowest BCUT2D eigenvalue weighted by Gasteiger charge is -2.22. The van der Waals surface area contributed by atoms with Crippen LogP contribution in [0, 0.1) is 5.92 Å². The predicted molar refractivity (Wildman–Crippen MR) is 103 cm³/mol. The second kappa shape index (κ2) is 8.84. The number of nitrogens with one attached hydrogen (secondary N) is 1. The summed E-state index contributed by atoms with van der Waals surface area (Å²) in [7, 11) is 0. The molecule has 0 heterocycles. The molecule has 138 valence electrons. The Morgan fingerprint density at radius 3 is 2.58 bits per heavy atom. The molecule has 0 aliphatic heterocycles. The van der Waals surface area contributed by atoms with Gasteiger partial charge in [0.25, 0.3) is 5.91 Å². The second-order valence-electron chi connectivity index (χ2n) is 7.24. The van der Waals surface area contributed by atoms with E-state index in [1.54, 1.807) is 6.92 Å². The van der Waals surface area contributed by atoms with Crippen LogP contribution in [0.3, 0.4) is 0 Å². The number of rotatable bonds is 6. The molecule has 1 N–H and O–H groups in total. The van der Waals surface area contributed by atoms with Crippen molar-refractivity contribution in [3.05, 3.63) is 48.0 Å². The number of carbonyl (C=O) groups is 2. The molecule has 1 atom stereocenters. The summed E-state index contributed by atoms with van der Waals surface area (Å²) in [6.45, 7) is 2.32. The van der Waals surface area contributed by atoms with Gasteiger partial charge in [0.15, 0.2) is 6.10 Å². The minimum Gasteiger partial charge on any atom is -0.452 e. The molecule has 0 aromatic heterocycles. The van der Waals surface area contributed by atoms with Crippen LogP contribution in [0.15, 0.2) is 42.5 Å². The topological polar surface area (TPSA) is 55.4 Å². The van der Waals surface area contributed by atoms with Crippen molar-refractivity contribution in [3.63, 3.8) is 0 Å².